The van der Waals surface area contributed by atoms with Crippen molar-refractivity contribution in [3.63, 3.8) is 0 Å². The Morgan fingerprint density at radius 3 is 2.44 bits per heavy atom. The zero-order valence-corrected chi connectivity index (χ0v) is 16.3. The zero-order chi connectivity index (χ0) is 19.3. The summed E-state index contributed by atoms with van der Waals surface area (Å²) in [6, 6.07) is 12.1. The minimum absolute atomic E-state index is 0. The van der Waals surface area contributed by atoms with Crippen LogP contribution < -0.4 is 21.3 Å². The lowest BCUT2D eigenvalue weighted by atomic mass is 10.1. The molecule has 0 spiro atoms. The van der Waals surface area contributed by atoms with Crippen LogP contribution >= 0.6 is 12.4 Å². The number of hydrogen-bond acceptors (Lipinski definition) is 3. The predicted octanol–water partition coefficient (Wildman–Crippen LogP) is 2.41. The molecule has 0 saturated carbocycles. The molecule has 7 nitrogen and oxygen atoms in total. The van der Waals surface area contributed by atoms with Gasteiger partial charge in [0.15, 0.2) is 0 Å². The average molecular weight is 390 g/mol. The van der Waals surface area contributed by atoms with Crippen LogP contribution in [-0.2, 0) is 6.54 Å². The predicted molar refractivity (Wildman–Crippen MR) is 110 cm³/mol. The van der Waals surface area contributed by atoms with Crippen molar-refractivity contribution in [2.45, 2.75) is 13.5 Å². The number of carbonyl (C=O) groups is 2. The van der Waals surface area contributed by atoms with Gasteiger partial charge in [0, 0.05) is 31.8 Å². The van der Waals surface area contributed by atoms with Gasteiger partial charge in [0.1, 0.15) is 5.84 Å². The van der Waals surface area contributed by atoms with E-state index in [1.54, 1.807) is 31.3 Å². The topological polar surface area (TPSA) is 111 Å². The molecule has 0 bridgehead atoms. The number of anilines is 1. The van der Waals surface area contributed by atoms with Crippen LogP contribution in [0, 0.1) is 12.3 Å². The number of rotatable bonds is 5. The molecule has 27 heavy (non-hydrogen) atoms. The molecule has 8 heteroatoms. The Morgan fingerprint density at radius 1 is 1.15 bits per heavy atom. The van der Waals surface area contributed by atoms with Crippen LogP contribution in [0.5, 0.6) is 0 Å². The third-order valence-electron chi connectivity index (χ3n) is 4.00. The van der Waals surface area contributed by atoms with E-state index >= 15 is 0 Å². The number of nitrogen functional groups attached to an aromatic ring is 1. The summed E-state index contributed by atoms with van der Waals surface area (Å²) in [4.78, 5) is 25.8. The molecule has 0 radical (unpaired) electrons. The number of carbonyl (C=O) groups excluding carboxylic acids is 2. The van der Waals surface area contributed by atoms with Crippen molar-refractivity contribution in [1.82, 2.24) is 10.6 Å². The van der Waals surface area contributed by atoms with Crippen molar-refractivity contribution in [3.8, 4) is 0 Å². The van der Waals surface area contributed by atoms with Crippen LogP contribution in [0.25, 0.3) is 0 Å². The minimum atomic E-state index is -0.308. The lowest BCUT2D eigenvalue weighted by Gasteiger charge is -2.21. The highest BCUT2D eigenvalue weighted by Crippen LogP contribution is 2.22. The van der Waals surface area contributed by atoms with Gasteiger partial charge >= 0.3 is 6.03 Å². The summed E-state index contributed by atoms with van der Waals surface area (Å²) in [6.07, 6.45) is 0. The smallest absolute Gasteiger partial charge is 0.321 e. The maximum atomic E-state index is 12.4. The number of urea groups is 1. The molecular formula is C19H24ClN5O2. The lowest BCUT2D eigenvalue weighted by Crippen LogP contribution is -2.36. The molecular weight excluding hydrogens is 366 g/mol. The van der Waals surface area contributed by atoms with Gasteiger partial charge in [0.2, 0.25) is 0 Å². The number of benzene rings is 2. The average Bonchev–Trinajstić information content (AvgIpc) is 2.64. The first-order chi connectivity index (χ1) is 12.3. The summed E-state index contributed by atoms with van der Waals surface area (Å²) >= 11 is 0. The lowest BCUT2D eigenvalue weighted by molar-refractivity contribution is 0.0951. The van der Waals surface area contributed by atoms with Crippen molar-refractivity contribution in [1.29, 1.82) is 5.41 Å². The van der Waals surface area contributed by atoms with Gasteiger partial charge in [0.05, 0.1) is 5.69 Å². The molecule has 0 fully saturated rings. The highest BCUT2D eigenvalue weighted by molar-refractivity contribution is 5.99. The first-order valence-corrected chi connectivity index (χ1v) is 8.11. The monoisotopic (exact) mass is 389 g/mol. The van der Waals surface area contributed by atoms with Crippen molar-refractivity contribution < 1.29 is 9.59 Å². The molecule has 0 aliphatic carbocycles. The van der Waals surface area contributed by atoms with Gasteiger partial charge in [-0.05, 0) is 30.7 Å². The number of halogens is 1. The van der Waals surface area contributed by atoms with E-state index in [-0.39, 0.29) is 36.7 Å². The van der Waals surface area contributed by atoms with Gasteiger partial charge in [0.25, 0.3) is 5.91 Å². The third-order valence-corrected chi connectivity index (χ3v) is 4.00. The van der Waals surface area contributed by atoms with Gasteiger partial charge in [-0.25, -0.2) is 4.79 Å². The van der Waals surface area contributed by atoms with Gasteiger partial charge in [-0.1, -0.05) is 29.8 Å². The minimum Gasteiger partial charge on any atom is -0.384 e. The van der Waals surface area contributed by atoms with Gasteiger partial charge in [-0.2, -0.15) is 0 Å². The van der Waals surface area contributed by atoms with E-state index in [0.717, 1.165) is 11.1 Å². The van der Waals surface area contributed by atoms with Gasteiger partial charge in [-0.3, -0.25) is 15.1 Å². The Balaban J connectivity index is 0.00000364. The first-order valence-electron chi connectivity index (χ1n) is 8.11. The van der Waals surface area contributed by atoms with E-state index in [1.165, 1.54) is 11.9 Å². The Morgan fingerprint density at radius 2 is 1.85 bits per heavy atom. The van der Waals surface area contributed by atoms with Gasteiger partial charge in [-0.15, -0.1) is 12.4 Å². The van der Waals surface area contributed by atoms with Crippen molar-refractivity contribution in [3.05, 3.63) is 64.7 Å². The fourth-order valence-electron chi connectivity index (χ4n) is 2.53. The highest BCUT2D eigenvalue weighted by Gasteiger charge is 2.16. The SMILES string of the molecule is CNC(=O)N(C)c1cc(C(=N)N)ccc1CNC(=O)c1cccc(C)c1.Cl. The number of aryl methyl sites for hydroxylation is 1. The molecule has 2 aromatic carbocycles. The fraction of sp³-hybridized carbons (Fsp3) is 0.211. The number of hydrogen-bond donors (Lipinski definition) is 4. The molecule has 0 atom stereocenters. The number of nitrogens with one attached hydrogen (secondary N) is 3. The number of amides is 3. The van der Waals surface area contributed by atoms with Gasteiger partial charge < -0.3 is 16.4 Å². The van der Waals surface area contributed by atoms with E-state index in [2.05, 4.69) is 10.6 Å². The molecule has 2 rings (SSSR count). The van der Waals surface area contributed by atoms with E-state index in [1.807, 2.05) is 25.1 Å². The maximum Gasteiger partial charge on any atom is 0.321 e. The van der Waals surface area contributed by atoms with Crippen molar-refractivity contribution in [2.75, 3.05) is 19.0 Å². The highest BCUT2D eigenvalue weighted by atomic mass is 35.5. The molecule has 0 aromatic heterocycles. The third kappa shape index (κ3) is 5.46. The summed E-state index contributed by atoms with van der Waals surface area (Å²) in [7, 11) is 3.15. The standard InChI is InChI=1S/C19H23N5O2.ClH/c1-12-5-4-6-14(9-12)18(25)23-11-15-8-7-13(17(20)21)10-16(15)24(3)19(26)22-2;/h4-10H,11H2,1-3H3,(H3,20,21)(H,22,26)(H,23,25);1H. The second-order valence-corrected chi connectivity index (χ2v) is 5.92. The summed E-state index contributed by atoms with van der Waals surface area (Å²) in [5, 5.41) is 13.0. The van der Waals surface area contributed by atoms with E-state index in [9.17, 15) is 9.59 Å². The van der Waals surface area contributed by atoms with Crippen LogP contribution in [0.1, 0.15) is 27.0 Å². The first kappa shape index (κ1) is 22.0. The summed E-state index contributed by atoms with van der Waals surface area (Å²) in [6.45, 7) is 2.16. The summed E-state index contributed by atoms with van der Waals surface area (Å²) in [5.41, 5.74) is 8.94. The molecule has 0 saturated heterocycles. The van der Waals surface area contributed by atoms with E-state index in [0.29, 0.717) is 16.8 Å². The van der Waals surface area contributed by atoms with Crippen LogP contribution in [0.15, 0.2) is 42.5 Å². The van der Waals surface area contributed by atoms with E-state index in [4.69, 9.17) is 11.1 Å². The normalized spacial score (nSPS) is 9.74. The summed E-state index contributed by atoms with van der Waals surface area (Å²) in [5.74, 6) is -0.287. The molecule has 144 valence electrons. The molecule has 3 amide bonds. The Bertz CT molecular complexity index is 854. The maximum absolute atomic E-state index is 12.4. The number of nitrogens with two attached hydrogens (primary N) is 1. The molecule has 5 N–H and O–H groups in total. The van der Waals surface area contributed by atoms with Crippen molar-refractivity contribution >= 4 is 35.9 Å². The largest absolute Gasteiger partial charge is 0.384 e. The molecule has 0 heterocycles. The summed E-state index contributed by atoms with van der Waals surface area (Å²) < 4.78 is 0. The quantitative estimate of drug-likeness (QED) is 0.465. The Kier molecular flexibility index (Phi) is 7.80. The van der Waals surface area contributed by atoms with E-state index < -0.39 is 0 Å². The van der Waals surface area contributed by atoms with Crippen LogP contribution in [-0.4, -0.2) is 31.9 Å². The molecule has 2 aromatic rings. The van der Waals surface area contributed by atoms with Crippen molar-refractivity contribution in [2.24, 2.45) is 5.73 Å². The van der Waals surface area contributed by atoms with Crippen LogP contribution in [0.4, 0.5) is 10.5 Å². The van der Waals surface area contributed by atoms with Crippen LogP contribution in [0.3, 0.4) is 0 Å². The molecule has 0 aliphatic rings. The van der Waals surface area contributed by atoms with Crippen LogP contribution in [0.2, 0.25) is 0 Å². The number of amidine groups is 1. The zero-order valence-electron chi connectivity index (χ0n) is 15.5. The number of nitrogens with zero attached hydrogens (tertiary/aromatic N) is 1. The second-order valence-electron chi connectivity index (χ2n) is 5.92. The second kappa shape index (κ2) is 9.59. The molecule has 0 unspecified atom stereocenters. The fourth-order valence-corrected chi connectivity index (χ4v) is 2.53. The Hall–Kier alpha value is -3.06. The Labute approximate surface area is 164 Å². The molecule has 0 aliphatic heterocycles.